The average molecular weight is 221 g/mol. The SMILES string of the molecule is CC(C)CC1COCCN1c1ccncn1. The zero-order chi connectivity index (χ0) is 11.4. The molecule has 0 amide bonds. The molecule has 1 aromatic rings. The van der Waals surface area contributed by atoms with Gasteiger partial charge in [-0.15, -0.1) is 0 Å². The fourth-order valence-corrected chi connectivity index (χ4v) is 2.15. The van der Waals surface area contributed by atoms with Crippen LogP contribution in [0.25, 0.3) is 0 Å². The first-order valence-electron chi connectivity index (χ1n) is 5.88. The second-order valence-corrected chi connectivity index (χ2v) is 4.62. The van der Waals surface area contributed by atoms with E-state index in [0.717, 1.165) is 32.0 Å². The number of morpholine rings is 1. The Balaban J connectivity index is 2.10. The van der Waals surface area contributed by atoms with Crippen molar-refractivity contribution in [1.82, 2.24) is 9.97 Å². The molecule has 0 aliphatic carbocycles. The third kappa shape index (κ3) is 2.70. The van der Waals surface area contributed by atoms with Gasteiger partial charge in [0.05, 0.1) is 19.3 Å². The Kier molecular flexibility index (Phi) is 3.72. The molecule has 0 spiro atoms. The van der Waals surface area contributed by atoms with Crippen LogP contribution in [-0.4, -0.2) is 35.8 Å². The van der Waals surface area contributed by atoms with E-state index in [0.29, 0.717) is 12.0 Å². The first-order chi connectivity index (χ1) is 7.77. The summed E-state index contributed by atoms with van der Waals surface area (Å²) >= 11 is 0. The van der Waals surface area contributed by atoms with Gasteiger partial charge in [-0.25, -0.2) is 9.97 Å². The number of nitrogens with zero attached hydrogens (tertiary/aromatic N) is 3. The fraction of sp³-hybridized carbons (Fsp3) is 0.667. The first-order valence-corrected chi connectivity index (χ1v) is 5.88. The van der Waals surface area contributed by atoms with Crippen LogP contribution in [0.15, 0.2) is 18.6 Å². The smallest absolute Gasteiger partial charge is 0.132 e. The second-order valence-electron chi connectivity index (χ2n) is 4.62. The van der Waals surface area contributed by atoms with Crippen LogP contribution in [0, 0.1) is 5.92 Å². The molecule has 2 rings (SSSR count). The Morgan fingerprint density at radius 1 is 1.56 bits per heavy atom. The van der Waals surface area contributed by atoms with E-state index in [4.69, 9.17) is 4.74 Å². The Bertz CT molecular complexity index is 315. The highest BCUT2D eigenvalue weighted by Gasteiger charge is 2.24. The van der Waals surface area contributed by atoms with Crippen molar-refractivity contribution in [3.05, 3.63) is 18.6 Å². The van der Waals surface area contributed by atoms with Crippen LogP contribution in [0.3, 0.4) is 0 Å². The van der Waals surface area contributed by atoms with E-state index in [-0.39, 0.29) is 0 Å². The number of aromatic nitrogens is 2. The molecule has 1 aliphatic rings. The van der Waals surface area contributed by atoms with Gasteiger partial charge in [0, 0.05) is 12.7 Å². The Labute approximate surface area is 96.7 Å². The Morgan fingerprint density at radius 2 is 2.44 bits per heavy atom. The lowest BCUT2D eigenvalue weighted by Crippen LogP contribution is -2.46. The van der Waals surface area contributed by atoms with E-state index in [9.17, 15) is 0 Å². The minimum absolute atomic E-state index is 0.448. The standard InChI is InChI=1S/C12H19N3O/c1-10(2)7-11-8-16-6-5-15(11)12-3-4-13-9-14-12/h3-4,9-11H,5-8H2,1-2H3. The third-order valence-corrected chi connectivity index (χ3v) is 2.83. The predicted molar refractivity (Wildman–Crippen MR) is 63.4 cm³/mol. The number of hydrogen-bond acceptors (Lipinski definition) is 4. The summed E-state index contributed by atoms with van der Waals surface area (Å²) in [6.07, 6.45) is 4.55. The molecule has 1 aromatic heterocycles. The molecule has 0 saturated carbocycles. The number of ether oxygens (including phenoxy) is 1. The van der Waals surface area contributed by atoms with Crippen LogP contribution >= 0.6 is 0 Å². The summed E-state index contributed by atoms with van der Waals surface area (Å²) in [7, 11) is 0. The summed E-state index contributed by atoms with van der Waals surface area (Å²) in [6.45, 7) is 7.01. The molecule has 0 aromatic carbocycles. The molecule has 1 atom stereocenters. The van der Waals surface area contributed by atoms with Gasteiger partial charge in [-0.2, -0.15) is 0 Å². The lowest BCUT2D eigenvalue weighted by Gasteiger charge is -2.37. The van der Waals surface area contributed by atoms with E-state index in [1.165, 1.54) is 0 Å². The van der Waals surface area contributed by atoms with Gasteiger partial charge in [0.1, 0.15) is 12.1 Å². The molecular weight excluding hydrogens is 202 g/mol. The summed E-state index contributed by atoms with van der Waals surface area (Å²) in [5.41, 5.74) is 0. The van der Waals surface area contributed by atoms with Crippen molar-refractivity contribution in [2.75, 3.05) is 24.7 Å². The predicted octanol–water partition coefficient (Wildman–Crippen LogP) is 1.73. The molecule has 0 bridgehead atoms. The van der Waals surface area contributed by atoms with E-state index in [2.05, 4.69) is 28.7 Å². The molecule has 0 radical (unpaired) electrons. The third-order valence-electron chi connectivity index (χ3n) is 2.83. The molecule has 2 heterocycles. The lowest BCUT2D eigenvalue weighted by molar-refractivity contribution is 0.0873. The Morgan fingerprint density at radius 3 is 3.12 bits per heavy atom. The van der Waals surface area contributed by atoms with Crippen LogP contribution in [-0.2, 0) is 4.74 Å². The molecule has 1 saturated heterocycles. The van der Waals surface area contributed by atoms with Crippen molar-refractivity contribution in [2.45, 2.75) is 26.3 Å². The lowest BCUT2D eigenvalue weighted by atomic mass is 10.0. The van der Waals surface area contributed by atoms with E-state index in [1.807, 2.05) is 6.07 Å². The van der Waals surface area contributed by atoms with Crippen molar-refractivity contribution in [2.24, 2.45) is 5.92 Å². The normalized spacial score (nSPS) is 21.4. The quantitative estimate of drug-likeness (QED) is 0.779. The van der Waals surface area contributed by atoms with Crippen LogP contribution < -0.4 is 4.90 Å². The minimum atomic E-state index is 0.448. The van der Waals surface area contributed by atoms with Gasteiger partial charge in [0.15, 0.2) is 0 Å². The molecule has 4 nitrogen and oxygen atoms in total. The number of rotatable bonds is 3. The van der Waals surface area contributed by atoms with E-state index < -0.39 is 0 Å². The summed E-state index contributed by atoms with van der Waals surface area (Å²) in [6, 6.07) is 2.42. The molecule has 4 heteroatoms. The van der Waals surface area contributed by atoms with E-state index in [1.54, 1.807) is 12.5 Å². The van der Waals surface area contributed by atoms with Crippen molar-refractivity contribution in [3.8, 4) is 0 Å². The largest absolute Gasteiger partial charge is 0.377 e. The van der Waals surface area contributed by atoms with Gasteiger partial charge in [-0.1, -0.05) is 13.8 Å². The van der Waals surface area contributed by atoms with Crippen molar-refractivity contribution >= 4 is 5.82 Å². The maximum atomic E-state index is 5.55. The molecule has 1 aliphatic heterocycles. The Hall–Kier alpha value is -1.16. The number of hydrogen-bond donors (Lipinski definition) is 0. The monoisotopic (exact) mass is 221 g/mol. The van der Waals surface area contributed by atoms with Gasteiger partial charge in [-0.3, -0.25) is 0 Å². The second kappa shape index (κ2) is 5.25. The summed E-state index contributed by atoms with van der Waals surface area (Å²) < 4.78 is 5.55. The molecular formula is C12H19N3O. The van der Waals surface area contributed by atoms with Crippen LogP contribution in [0.1, 0.15) is 20.3 Å². The van der Waals surface area contributed by atoms with Crippen molar-refractivity contribution in [3.63, 3.8) is 0 Å². The average Bonchev–Trinajstić information content (AvgIpc) is 2.30. The van der Waals surface area contributed by atoms with Crippen LogP contribution in [0.5, 0.6) is 0 Å². The van der Waals surface area contributed by atoms with Gasteiger partial charge in [0.25, 0.3) is 0 Å². The molecule has 1 unspecified atom stereocenters. The van der Waals surface area contributed by atoms with Crippen LogP contribution in [0.4, 0.5) is 5.82 Å². The van der Waals surface area contributed by atoms with Crippen molar-refractivity contribution < 1.29 is 4.74 Å². The highest BCUT2D eigenvalue weighted by molar-refractivity contribution is 5.38. The maximum absolute atomic E-state index is 5.55. The highest BCUT2D eigenvalue weighted by atomic mass is 16.5. The molecule has 1 fully saturated rings. The van der Waals surface area contributed by atoms with Gasteiger partial charge in [-0.05, 0) is 18.4 Å². The van der Waals surface area contributed by atoms with Gasteiger partial charge in [0.2, 0.25) is 0 Å². The first kappa shape index (κ1) is 11.3. The minimum Gasteiger partial charge on any atom is -0.377 e. The highest BCUT2D eigenvalue weighted by Crippen LogP contribution is 2.20. The molecule has 88 valence electrons. The van der Waals surface area contributed by atoms with Crippen LogP contribution in [0.2, 0.25) is 0 Å². The summed E-state index contributed by atoms with van der Waals surface area (Å²) in [5, 5.41) is 0. The van der Waals surface area contributed by atoms with Gasteiger partial charge >= 0.3 is 0 Å². The fourth-order valence-electron chi connectivity index (χ4n) is 2.15. The summed E-state index contributed by atoms with van der Waals surface area (Å²) in [4.78, 5) is 10.6. The maximum Gasteiger partial charge on any atom is 0.132 e. The molecule has 16 heavy (non-hydrogen) atoms. The van der Waals surface area contributed by atoms with Gasteiger partial charge < -0.3 is 9.64 Å². The zero-order valence-corrected chi connectivity index (χ0v) is 9.97. The zero-order valence-electron chi connectivity index (χ0n) is 9.97. The van der Waals surface area contributed by atoms with E-state index >= 15 is 0 Å². The van der Waals surface area contributed by atoms with Crippen molar-refractivity contribution in [1.29, 1.82) is 0 Å². The summed E-state index contributed by atoms with van der Waals surface area (Å²) in [5.74, 6) is 1.69. The topological polar surface area (TPSA) is 38.2 Å². The number of anilines is 1. The molecule has 0 N–H and O–H groups in total.